The van der Waals surface area contributed by atoms with Crippen LogP contribution in [0.5, 0.6) is 11.5 Å². The van der Waals surface area contributed by atoms with Gasteiger partial charge in [-0.15, -0.1) is 0 Å². The normalized spacial score (nSPS) is 14.8. The molecule has 0 saturated carbocycles. The highest BCUT2D eigenvalue weighted by Crippen LogP contribution is 2.36. The lowest BCUT2D eigenvalue weighted by molar-refractivity contribution is -0.385. The van der Waals surface area contributed by atoms with Crippen LogP contribution in [-0.2, 0) is 9.53 Å². The number of hydrogen-bond donors (Lipinski definition) is 1. The molecule has 5 rings (SSSR count). The van der Waals surface area contributed by atoms with E-state index in [0.29, 0.717) is 27.4 Å². The van der Waals surface area contributed by atoms with Crippen LogP contribution in [0.1, 0.15) is 29.7 Å². The minimum absolute atomic E-state index is 0.0743. The van der Waals surface area contributed by atoms with Crippen molar-refractivity contribution in [3.05, 3.63) is 123 Å². The van der Waals surface area contributed by atoms with Crippen LogP contribution in [0.25, 0.3) is 11.8 Å². The number of nitrogens with zero attached hydrogens (tertiary/aromatic N) is 3. The van der Waals surface area contributed by atoms with Crippen LogP contribution < -0.4 is 19.6 Å². The van der Waals surface area contributed by atoms with Crippen molar-refractivity contribution in [1.82, 2.24) is 4.57 Å². The first-order valence-corrected chi connectivity index (χ1v) is 13.9. The molecule has 2 heterocycles. The van der Waals surface area contributed by atoms with E-state index in [0.717, 1.165) is 11.3 Å². The largest absolute Gasteiger partial charge is 0.506 e. The number of carbonyl (C=O) groups is 1. The lowest BCUT2D eigenvalue weighted by Crippen LogP contribution is -2.40. The number of nitro benzene ring substituents is 1. The van der Waals surface area contributed by atoms with E-state index in [9.17, 15) is 24.8 Å². The highest BCUT2D eigenvalue weighted by atomic mass is 79.9. The summed E-state index contributed by atoms with van der Waals surface area (Å²) < 4.78 is 12.4. The van der Waals surface area contributed by atoms with E-state index in [1.54, 1.807) is 31.2 Å². The van der Waals surface area contributed by atoms with Crippen LogP contribution in [0.4, 0.5) is 5.69 Å². The van der Waals surface area contributed by atoms with Gasteiger partial charge in [-0.05, 0) is 46.6 Å². The van der Waals surface area contributed by atoms with Crippen LogP contribution in [0.2, 0.25) is 0 Å². The lowest BCUT2D eigenvalue weighted by atomic mass is 9.93. The molecule has 12 heteroatoms. The van der Waals surface area contributed by atoms with Gasteiger partial charge in [-0.3, -0.25) is 19.5 Å². The molecule has 1 aliphatic rings. The summed E-state index contributed by atoms with van der Waals surface area (Å²) >= 11 is 4.18. The first-order chi connectivity index (χ1) is 19.7. The van der Waals surface area contributed by atoms with Crippen LogP contribution >= 0.6 is 27.3 Å². The van der Waals surface area contributed by atoms with E-state index in [1.165, 1.54) is 29.9 Å². The number of aromatic nitrogens is 1. The smallest absolute Gasteiger partial charge is 0.338 e. The molecule has 0 spiro atoms. The number of phenols is 1. The Morgan fingerprint density at radius 3 is 2.54 bits per heavy atom. The Hall–Kier alpha value is -4.55. The SMILES string of the molecule is CCOC(=O)C1=C(c2ccccc2)N=c2s/c(=C\c3cc([N+](=O)[O-])cc(Br)c3O)c(=O)n2[C@@H]1c1ccc(OC)cc1. The van der Waals surface area contributed by atoms with E-state index in [4.69, 9.17) is 14.5 Å². The Morgan fingerprint density at radius 2 is 1.90 bits per heavy atom. The molecule has 0 saturated heterocycles. The van der Waals surface area contributed by atoms with E-state index < -0.39 is 22.5 Å². The van der Waals surface area contributed by atoms with Crippen molar-refractivity contribution in [1.29, 1.82) is 0 Å². The zero-order valence-electron chi connectivity index (χ0n) is 21.7. The van der Waals surface area contributed by atoms with Gasteiger partial charge < -0.3 is 14.6 Å². The van der Waals surface area contributed by atoms with Gasteiger partial charge in [-0.2, -0.15) is 0 Å². The molecule has 1 aliphatic heterocycles. The van der Waals surface area contributed by atoms with Crippen LogP contribution in [0.3, 0.4) is 0 Å². The zero-order valence-corrected chi connectivity index (χ0v) is 24.1. The fourth-order valence-electron chi connectivity index (χ4n) is 4.50. The van der Waals surface area contributed by atoms with Crippen molar-refractivity contribution in [2.75, 3.05) is 13.7 Å². The third-order valence-corrected chi connectivity index (χ3v) is 7.97. The van der Waals surface area contributed by atoms with E-state index in [-0.39, 0.29) is 38.2 Å². The molecular weight excluding hydrogens is 614 g/mol. The summed E-state index contributed by atoms with van der Waals surface area (Å²) in [4.78, 5) is 43.4. The second kappa shape index (κ2) is 11.5. The quantitative estimate of drug-likeness (QED) is 0.182. The molecule has 208 valence electrons. The number of esters is 1. The van der Waals surface area contributed by atoms with Crippen molar-refractivity contribution >= 4 is 50.7 Å². The molecule has 1 aromatic heterocycles. The molecule has 10 nitrogen and oxygen atoms in total. The Balaban J connectivity index is 1.83. The third kappa shape index (κ3) is 5.31. The maximum Gasteiger partial charge on any atom is 0.338 e. The Bertz CT molecular complexity index is 1880. The van der Waals surface area contributed by atoms with E-state index >= 15 is 0 Å². The number of phenolic OH excluding ortho intramolecular Hbond substituents is 1. The highest BCUT2D eigenvalue weighted by molar-refractivity contribution is 9.10. The maximum atomic E-state index is 14.0. The van der Waals surface area contributed by atoms with Crippen molar-refractivity contribution in [3.63, 3.8) is 0 Å². The number of fused-ring (bicyclic) bond motifs is 1. The summed E-state index contributed by atoms with van der Waals surface area (Å²) in [5.41, 5.74) is 1.14. The number of ether oxygens (including phenoxy) is 2. The predicted molar refractivity (Wildman–Crippen MR) is 157 cm³/mol. The predicted octanol–water partition coefficient (Wildman–Crippen LogP) is 4.32. The summed E-state index contributed by atoms with van der Waals surface area (Å²) in [6.07, 6.45) is 1.37. The average molecular weight is 636 g/mol. The number of rotatable bonds is 7. The summed E-state index contributed by atoms with van der Waals surface area (Å²) in [5.74, 6) is -0.284. The number of methoxy groups -OCH3 is 1. The summed E-state index contributed by atoms with van der Waals surface area (Å²) in [6.45, 7) is 1.81. The van der Waals surface area contributed by atoms with E-state index in [2.05, 4.69) is 15.9 Å². The van der Waals surface area contributed by atoms with Crippen molar-refractivity contribution < 1.29 is 24.3 Å². The number of halogens is 1. The molecule has 0 bridgehead atoms. The summed E-state index contributed by atoms with van der Waals surface area (Å²) in [5, 5.41) is 22.0. The zero-order chi connectivity index (χ0) is 29.3. The van der Waals surface area contributed by atoms with E-state index in [1.807, 2.05) is 30.3 Å². The van der Waals surface area contributed by atoms with Gasteiger partial charge >= 0.3 is 5.97 Å². The van der Waals surface area contributed by atoms with Gasteiger partial charge in [-0.25, -0.2) is 9.79 Å². The number of carbonyl (C=O) groups excluding carboxylic acids is 1. The first kappa shape index (κ1) is 28.0. The molecule has 0 aliphatic carbocycles. The van der Waals surface area contributed by atoms with Crippen LogP contribution in [0, 0.1) is 10.1 Å². The number of benzene rings is 3. The molecule has 1 N–H and O–H groups in total. The van der Waals surface area contributed by atoms with Gasteiger partial charge in [0.25, 0.3) is 11.2 Å². The van der Waals surface area contributed by atoms with Crippen molar-refractivity contribution in [2.24, 2.45) is 4.99 Å². The summed E-state index contributed by atoms with van der Waals surface area (Å²) in [7, 11) is 1.54. The van der Waals surface area contributed by atoms with Crippen molar-refractivity contribution in [2.45, 2.75) is 13.0 Å². The first-order valence-electron chi connectivity index (χ1n) is 12.3. The Kier molecular flexibility index (Phi) is 7.86. The van der Waals surface area contributed by atoms with Gasteiger partial charge in [0.05, 0.1) is 45.0 Å². The number of aromatic hydroxyl groups is 1. The molecule has 0 fully saturated rings. The van der Waals surface area contributed by atoms with Gasteiger partial charge in [0.15, 0.2) is 4.80 Å². The maximum absolute atomic E-state index is 14.0. The van der Waals surface area contributed by atoms with Crippen LogP contribution in [-0.4, -0.2) is 34.3 Å². The topological polar surface area (TPSA) is 133 Å². The fourth-order valence-corrected chi connectivity index (χ4v) is 5.96. The second-order valence-corrected chi connectivity index (χ2v) is 10.7. The standard InChI is InChI=1S/C29H22BrN3O7S/c1-3-40-28(36)23-24(16-7-5-4-6-8-16)31-29-32(25(23)17-9-11-20(39-2)12-10-17)27(35)22(41-29)14-18-13-19(33(37)38)15-21(30)26(18)34/h4-15,25,34H,3H2,1-2H3/b22-14-/t25-/m1/s1. The lowest BCUT2D eigenvalue weighted by Gasteiger charge is -2.26. The third-order valence-electron chi connectivity index (χ3n) is 6.38. The number of hydrogen-bond acceptors (Lipinski definition) is 9. The number of nitro groups is 1. The average Bonchev–Trinajstić information content (AvgIpc) is 3.29. The van der Waals surface area contributed by atoms with Crippen LogP contribution in [0.15, 0.2) is 86.6 Å². The molecular formula is C29H22BrN3O7S. The van der Waals surface area contributed by atoms with Crippen molar-refractivity contribution in [3.8, 4) is 11.5 Å². The molecule has 0 unspecified atom stereocenters. The molecule has 0 radical (unpaired) electrons. The van der Waals surface area contributed by atoms with Gasteiger partial charge in [-0.1, -0.05) is 53.8 Å². The summed E-state index contributed by atoms with van der Waals surface area (Å²) in [6, 6.07) is 17.6. The molecule has 0 amide bonds. The molecule has 41 heavy (non-hydrogen) atoms. The monoisotopic (exact) mass is 635 g/mol. The van der Waals surface area contributed by atoms with Gasteiger partial charge in [0.1, 0.15) is 11.5 Å². The molecule has 3 aromatic carbocycles. The minimum Gasteiger partial charge on any atom is -0.506 e. The van der Waals surface area contributed by atoms with Gasteiger partial charge in [0.2, 0.25) is 0 Å². The second-order valence-electron chi connectivity index (χ2n) is 8.83. The number of non-ortho nitro benzene ring substituents is 1. The molecule has 4 aromatic rings. The van der Waals surface area contributed by atoms with Gasteiger partial charge in [0, 0.05) is 23.3 Å². The Morgan fingerprint density at radius 1 is 1.20 bits per heavy atom. The highest BCUT2D eigenvalue weighted by Gasteiger charge is 2.35. The Labute approximate surface area is 245 Å². The number of thiazole rings is 1. The fraction of sp³-hybridized carbons (Fsp3) is 0.138. The minimum atomic E-state index is -0.904. The molecule has 1 atom stereocenters.